The van der Waals surface area contributed by atoms with Gasteiger partial charge < -0.3 is 20.1 Å². The van der Waals surface area contributed by atoms with Crippen molar-refractivity contribution in [3.05, 3.63) is 30.1 Å². The van der Waals surface area contributed by atoms with Gasteiger partial charge in [-0.2, -0.15) is 0 Å². The predicted molar refractivity (Wildman–Crippen MR) is 118 cm³/mol. The van der Waals surface area contributed by atoms with Gasteiger partial charge in [0.15, 0.2) is 0 Å². The topological polar surface area (TPSA) is 108 Å². The Kier molecular flexibility index (Phi) is 9.42. The highest BCUT2D eigenvalue weighted by Gasteiger charge is 2.32. The molecule has 0 radical (unpaired) electrons. The van der Waals surface area contributed by atoms with E-state index in [4.69, 9.17) is 4.74 Å². The van der Waals surface area contributed by atoms with Crippen LogP contribution in [0.4, 0.5) is 4.39 Å². The van der Waals surface area contributed by atoms with E-state index in [2.05, 4.69) is 14.9 Å². The van der Waals surface area contributed by atoms with Crippen LogP contribution in [-0.2, 0) is 19.6 Å². The number of benzene rings is 1. The van der Waals surface area contributed by atoms with Crippen LogP contribution in [0, 0.1) is 5.82 Å². The summed E-state index contributed by atoms with van der Waals surface area (Å²) in [6.45, 7) is 2.79. The molecule has 0 unspecified atom stereocenters. The molecule has 3 N–H and O–H groups in total. The van der Waals surface area contributed by atoms with Crippen LogP contribution in [0.1, 0.15) is 44.9 Å². The molecule has 2 aliphatic heterocycles. The molecule has 180 valence electrons. The molecule has 2 saturated heterocycles. The van der Waals surface area contributed by atoms with E-state index in [-0.39, 0.29) is 36.1 Å². The number of halogens is 1. The molecule has 0 spiro atoms. The molecule has 32 heavy (non-hydrogen) atoms. The standard InChI is InChI=1S/C22H34FN3O5S/c23-17-4-7-19(8-5-17)32(29,30)24-12-10-18-6-9-20(21(16-27)31-18)25-22(28)11-15-26-13-2-1-3-14-26/h4-5,7-8,18,20-21,24,27H,1-3,6,9-16H2,(H,25,28)/t18-,20-,21-/m1/s1. The number of nitrogens with zero attached hydrogens (tertiary/aromatic N) is 1. The number of carbonyl (C=O) groups excluding carboxylic acids is 1. The Morgan fingerprint density at radius 1 is 1.16 bits per heavy atom. The van der Waals surface area contributed by atoms with Crippen molar-refractivity contribution < 1.29 is 27.4 Å². The molecule has 2 fully saturated rings. The summed E-state index contributed by atoms with van der Waals surface area (Å²) in [5.41, 5.74) is 0. The SMILES string of the molecule is O=C(CCN1CCCCC1)N[C@@H]1CC[C@H](CCNS(=O)(=O)c2ccc(F)cc2)O[C@@H]1CO. The first kappa shape index (κ1) is 25.0. The number of hydrogen-bond acceptors (Lipinski definition) is 6. The highest BCUT2D eigenvalue weighted by Crippen LogP contribution is 2.22. The van der Waals surface area contributed by atoms with Crippen molar-refractivity contribution >= 4 is 15.9 Å². The lowest BCUT2D eigenvalue weighted by Crippen LogP contribution is -2.51. The van der Waals surface area contributed by atoms with Crippen LogP contribution in [-0.4, -0.2) is 75.4 Å². The fraction of sp³-hybridized carbons (Fsp3) is 0.682. The van der Waals surface area contributed by atoms with Crippen LogP contribution < -0.4 is 10.0 Å². The Morgan fingerprint density at radius 2 is 1.88 bits per heavy atom. The first-order valence-electron chi connectivity index (χ1n) is 11.4. The summed E-state index contributed by atoms with van der Waals surface area (Å²) < 4.78 is 46.0. The zero-order valence-corrected chi connectivity index (χ0v) is 19.2. The molecule has 1 amide bonds. The normalized spacial score (nSPS) is 24.9. The number of piperidine rings is 1. The summed E-state index contributed by atoms with van der Waals surface area (Å²) in [7, 11) is -3.72. The van der Waals surface area contributed by atoms with E-state index >= 15 is 0 Å². The lowest BCUT2D eigenvalue weighted by atomic mass is 9.97. The van der Waals surface area contributed by atoms with Gasteiger partial charge in [-0.1, -0.05) is 6.42 Å². The number of carbonyl (C=O) groups is 1. The number of amides is 1. The number of likely N-dealkylation sites (tertiary alicyclic amines) is 1. The third-order valence-corrected chi connectivity index (χ3v) is 7.61. The number of hydrogen-bond donors (Lipinski definition) is 3. The van der Waals surface area contributed by atoms with E-state index in [0.717, 1.165) is 31.8 Å². The number of aliphatic hydroxyl groups is 1. The summed E-state index contributed by atoms with van der Waals surface area (Å²) in [6.07, 6.45) is 5.09. The second-order valence-corrected chi connectivity index (χ2v) is 10.3. The van der Waals surface area contributed by atoms with E-state index in [1.165, 1.54) is 31.4 Å². The number of rotatable bonds is 10. The Labute approximate surface area is 189 Å². The maximum absolute atomic E-state index is 13.0. The summed E-state index contributed by atoms with van der Waals surface area (Å²) in [5.74, 6) is -0.532. The average Bonchev–Trinajstić information content (AvgIpc) is 2.79. The van der Waals surface area contributed by atoms with Crippen molar-refractivity contribution in [2.45, 2.75) is 68.1 Å². The van der Waals surface area contributed by atoms with Gasteiger partial charge in [-0.3, -0.25) is 4.79 Å². The molecule has 2 aliphatic rings. The minimum Gasteiger partial charge on any atom is -0.394 e. The number of nitrogens with one attached hydrogen (secondary N) is 2. The Morgan fingerprint density at radius 3 is 2.56 bits per heavy atom. The third kappa shape index (κ3) is 7.48. The fourth-order valence-electron chi connectivity index (χ4n) is 4.28. The number of sulfonamides is 1. The van der Waals surface area contributed by atoms with Crippen LogP contribution in [0.2, 0.25) is 0 Å². The molecule has 0 aromatic heterocycles. The molecule has 0 bridgehead atoms. The second-order valence-electron chi connectivity index (χ2n) is 8.52. The average molecular weight is 472 g/mol. The van der Waals surface area contributed by atoms with Crippen molar-refractivity contribution in [2.75, 3.05) is 32.8 Å². The molecular weight excluding hydrogens is 437 g/mol. The molecule has 3 rings (SSSR count). The summed E-state index contributed by atoms with van der Waals surface area (Å²) in [4.78, 5) is 14.7. The fourth-order valence-corrected chi connectivity index (χ4v) is 5.33. The highest BCUT2D eigenvalue weighted by atomic mass is 32.2. The summed E-state index contributed by atoms with van der Waals surface area (Å²) in [5, 5.41) is 12.7. The molecule has 2 heterocycles. The Bertz CT molecular complexity index is 830. The minimum atomic E-state index is -3.72. The molecule has 8 nitrogen and oxygen atoms in total. The maximum Gasteiger partial charge on any atom is 0.240 e. The molecule has 1 aromatic carbocycles. The molecule has 3 atom stereocenters. The van der Waals surface area contributed by atoms with Crippen LogP contribution in [0.3, 0.4) is 0 Å². The van der Waals surface area contributed by atoms with E-state index in [0.29, 0.717) is 25.7 Å². The van der Waals surface area contributed by atoms with Crippen molar-refractivity contribution in [1.29, 1.82) is 0 Å². The molecule has 10 heteroatoms. The number of aliphatic hydroxyl groups excluding tert-OH is 1. The van der Waals surface area contributed by atoms with Crippen molar-refractivity contribution in [1.82, 2.24) is 14.9 Å². The largest absolute Gasteiger partial charge is 0.394 e. The second kappa shape index (κ2) is 12.0. The quantitative estimate of drug-likeness (QED) is 0.476. The van der Waals surface area contributed by atoms with E-state index < -0.39 is 21.9 Å². The maximum atomic E-state index is 13.0. The van der Waals surface area contributed by atoms with Gasteiger partial charge in [0.05, 0.1) is 23.6 Å². The zero-order chi connectivity index (χ0) is 23.0. The first-order chi connectivity index (χ1) is 15.4. The van der Waals surface area contributed by atoms with Gasteiger partial charge >= 0.3 is 0 Å². The van der Waals surface area contributed by atoms with Gasteiger partial charge in [0.2, 0.25) is 15.9 Å². The van der Waals surface area contributed by atoms with E-state index in [1.54, 1.807) is 0 Å². The molecule has 0 saturated carbocycles. The van der Waals surface area contributed by atoms with Gasteiger partial charge in [-0.25, -0.2) is 17.5 Å². The lowest BCUT2D eigenvalue weighted by Gasteiger charge is -2.36. The van der Waals surface area contributed by atoms with Crippen molar-refractivity contribution in [3.8, 4) is 0 Å². The van der Waals surface area contributed by atoms with Gasteiger partial charge in [0.1, 0.15) is 11.9 Å². The summed E-state index contributed by atoms with van der Waals surface area (Å²) in [6, 6.07) is 4.39. The predicted octanol–water partition coefficient (Wildman–Crippen LogP) is 1.39. The number of ether oxygens (including phenoxy) is 1. The highest BCUT2D eigenvalue weighted by molar-refractivity contribution is 7.89. The van der Waals surface area contributed by atoms with Gasteiger partial charge in [-0.05, 0) is 69.5 Å². The Balaban J connectivity index is 1.39. The van der Waals surface area contributed by atoms with Gasteiger partial charge in [0.25, 0.3) is 0 Å². The zero-order valence-electron chi connectivity index (χ0n) is 18.3. The van der Waals surface area contributed by atoms with E-state index in [1.807, 2.05) is 0 Å². The molecular formula is C22H34FN3O5S. The lowest BCUT2D eigenvalue weighted by molar-refractivity contribution is -0.128. The Hall–Kier alpha value is -1.59. The monoisotopic (exact) mass is 471 g/mol. The molecule has 0 aliphatic carbocycles. The van der Waals surface area contributed by atoms with Gasteiger partial charge in [0, 0.05) is 19.5 Å². The first-order valence-corrected chi connectivity index (χ1v) is 12.9. The summed E-state index contributed by atoms with van der Waals surface area (Å²) >= 11 is 0. The van der Waals surface area contributed by atoms with Crippen molar-refractivity contribution in [2.24, 2.45) is 0 Å². The van der Waals surface area contributed by atoms with Crippen LogP contribution in [0.5, 0.6) is 0 Å². The smallest absolute Gasteiger partial charge is 0.240 e. The van der Waals surface area contributed by atoms with Crippen LogP contribution in [0.25, 0.3) is 0 Å². The van der Waals surface area contributed by atoms with Crippen LogP contribution >= 0.6 is 0 Å². The van der Waals surface area contributed by atoms with Crippen molar-refractivity contribution in [3.63, 3.8) is 0 Å². The van der Waals surface area contributed by atoms with Gasteiger partial charge in [-0.15, -0.1) is 0 Å². The van der Waals surface area contributed by atoms with Crippen LogP contribution in [0.15, 0.2) is 29.2 Å². The minimum absolute atomic E-state index is 0.00373. The van der Waals surface area contributed by atoms with E-state index in [9.17, 15) is 22.7 Å². The molecule has 1 aromatic rings. The third-order valence-electron chi connectivity index (χ3n) is 6.13.